The molecule has 0 atom stereocenters. The zero-order chi connectivity index (χ0) is 19.5. The average molecular weight is 395 g/mol. The number of fused-ring (bicyclic) bond motifs is 1. The zero-order valence-electron chi connectivity index (χ0n) is 15.3. The maximum atomic E-state index is 12.4. The summed E-state index contributed by atoms with van der Waals surface area (Å²) in [5.74, 6) is 1.07. The third-order valence-corrected chi connectivity index (χ3v) is 4.97. The molecule has 2 heterocycles. The monoisotopic (exact) mass is 395 g/mol. The van der Waals surface area contributed by atoms with Gasteiger partial charge in [-0.1, -0.05) is 17.3 Å². The van der Waals surface area contributed by atoms with Crippen LogP contribution in [0.2, 0.25) is 0 Å². The first-order valence-corrected chi connectivity index (χ1v) is 9.37. The van der Waals surface area contributed by atoms with Crippen molar-refractivity contribution >= 4 is 33.3 Å². The van der Waals surface area contributed by atoms with E-state index in [0.717, 1.165) is 16.6 Å². The van der Waals surface area contributed by atoms with E-state index in [-0.39, 0.29) is 12.3 Å². The first-order valence-electron chi connectivity index (χ1n) is 8.49. The summed E-state index contributed by atoms with van der Waals surface area (Å²) >= 11 is 1.35. The van der Waals surface area contributed by atoms with Gasteiger partial charge in [-0.15, -0.1) is 11.3 Å². The number of rotatable bonds is 6. The number of methoxy groups -OCH3 is 2. The normalized spacial score (nSPS) is 10.8. The molecule has 2 aromatic heterocycles. The predicted molar refractivity (Wildman–Crippen MR) is 107 cm³/mol. The Morgan fingerprint density at radius 2 is 1.96 bits per heavy atom. The Bertz CT molecular complexity index is 1140. The third kappa shape index (κ3) is 3.54. The predicted octanol–water partition coefficient (Wildman–Crippen LogP) is 4.15. The van der Waals surface area contributed by atoms with Crippen molar-refractivity contribution in [2.75, 3.05) is 19.5 Å². The molecule has 1 N–H and O–H groups in total. The molecule has 0 aliphatic carbocycles. The molecule has 2 aromatic carbocycles. The fourth-order valence-corrected chi connectivity index (χ4v) is 3.58. The molecule has 142 valence electrons. The van der Waals surface area contributed by atoms with E-state index in [1.54, 1.807) is 14.2 Å². The molecule has 0 aliphatic rings. The Kier molecular flexibility index (Phi) is 4.94. The Labute approximate surface area is 164 Å². The molecule has 4 rings (SSSR count). The van der Waals surface area contributed by atoms with Crippen molar-refractivity contribution in [2.45, 2.75) is 6.42 Å². The number of nitrogens with one attached hydrogen (secondary N) is 1. The first-order chi connectivity index (χ1) is 13.7. The highest BCUT2D eigenvalue weighted by atomic mass is 32.1. The van der Waals surface area contributed by atoms with Crippen molar-refractivity contribution in [3.05, 3.63) is 53.5 Å². The van der Waals surface area contributed by atoms with Crippen molar-refractivity contribution in [1.82, 2.24) is 10.1 Å². The van der Waals surface area contributed by atoms with Gasteiger partial charge in [0.1, 0.15) is 5.69 Å². The highest BCUT2D eigenvalue weighted by Gasteiger charge is 2.14. The number of hydrogen-bond donors (Lipinski definition) is 1. The molecule has 0 saturated heterocycles. The topological polar surface area (TPSA) is 86.5 Å². The molecule has 0 fully saturated rings. The van der Waals surface area contributed by atoms with Gasteiger partial charge in [-0.05, 0) is 30.3 Å². The smallest absolute Gasteiger partial charge is 0.232 e. The van der Waals surface area contributed by atoms with Crippen LogP contribution in [-0.4, -0.2) is 30.3 Å². The average Bonchev–Trinajstić information content (AvgIpc) is 3.35. The van der Waals surface area contributed by atoms with Crippen molar-refractivity contribution in [3.8, 4) is 22.8 Å². The lowest BCUT2D eigenvalue weighted by Crippen LogP contribution is -2.14. The van der Waals surface area contributed by atoms with E-state index in [2.05, 4.69) is 15.5 Å². The van der Waals surface area contributed by atoms with Gasteiger partial charge in [-0.2, -0.15) is 0 Å². The second-order valence-corrected chi connectivity index (χ2v) is 6.82. The number of amides is 1. The van der Waals surface area contributed by atoms with Gasteiger partial charge in [-0.25, -0.2) is 4.98 Å². The number of nitrogens with zero attached hydrogens (tertiary/aromatic N) is 2. The van der Waals surface area contributed by atoms with E-state index in [9.17, 15) is 4.79 Å². The van der Waals surface area contributed by atoms with Crippen LogP contribution in [0.3, 0.4) is 0 Å². The number of thiazole rings is 1. The van der Waals surface area contributed by atoms with Gasteiger partial charge in [0, 0.05) is 16.3 Å². The summed E-state index contributed by atoms with van der Waals surface area (Å²) in [6, 6.07) is 13.0. The SMILES string of the molecule is COc1ccc(-c2csc(NC(=O)Cc3noc4ccccc34)n2)cc1OC. The molecule has 4 aromatic rings. The van der Waals surface area contributed by atoms with Gasteiger partial charge in [0.15, 0.2) is 22.2 Å². The molecule has 0 saturated carbocycles. The molecule has 8 heteroatoms. The molecule has 1 amide bonds. The van der Waals surface area contributed by atoms with Gasteiger partial charge in [0.05, 0.1) is 26.3 Å². The molecule has 0 bridgehead atoms. The van der Waals surface area contributed by atoms with E-state index in [0.29, 0.717) is 27.9 Å². The fraction of sp³-hybridized carbons (Fsp3) is 0.150. The van der Waals surface area contributed by atoms with Gasteiger partial charge in [0.2, 0.25) is 5.91 Å². The van der Waals surface area contributed by atoms with Gasteiger partial charge in [-0.3, -0.25) is 4.79 Å². The number of benzene rings is 2. The van der Waals surface area contributed by atoms with Gasteiger partial charge in [0.25, 0.3) is 0 Å². The minimum atomic E-state index is -0.202. The van der Waals surface area contributed by atoms with E-state index in [4.69, 9.17) is 14.0 Å². The number of aromatic nitrogens is 2. The number of para-hydroxylation sites is 1. The Morgan fingerprint density at radius 3 is 2.79 bits per heavy atom. The van der Waals surface area contributed by atoms with Crippen LogP contribution in [0.1, 0.15) is 5.69 Å². The van der Waals surface area contributed by atoms with Crippen molar-refractivity contribution < 1.29 is 18.8 Å². The van der Waals surface area contributed by atoms with Crippen LogP contribution in [0.5, 0.6) is 11.5 Å². The maximum absolute atomic E-state index is 12.4. The summed E-state index contributed by atoms with van der Waals surface area (Å²) in [7, 11) is 3.17. The third-order valence-electron chi connectivity index (χ3n) is 4.21. The molecule has 7 nitrogen and oxygen atoms in total. The summed E-state index contributed by atoms with van der Waals surface area (Å²) < 4.78 is 15.8. The van der Waals surface area contributed by atoms with Crippen molar-refractivity contribution in [3.63, 3.8) is 0 Å². The minimum absolute atomic E-state index is 0.113. The van der Waals surface area contributed by atoms with Crippen LogP contribution in [0.15, 0.2) is 52.4 Å². The summed E-state index contributed by atoms with van der Waals surface area (Å²) in [6.45, 7) is 0. The first kappa shape index (κ1) is 18.0. The summed E-state index contributed by atoms with van der Waals surface area (Å²) in [6.07, 6.45) is 0.113. The molecule has 0 radical (unpaired) electrons. The highest BCUT2D eigenvalue weighted by molar-refractivity contribution is 7.14. The molecular formula is C20H17N3O4S. The minimum Gasteiger partial charge on any atom is -0.493 e. The molecule has 28 heavy (non-hydrogen) atoms. The molecule has 0 aliphatic heterocycles. The Balaban J connectivity index is 1.48. The van der Waals surface area contributed by atoms with E-state index in [1.807, 2.05) is 47.8 Å². The number of carbonyl (C=O) groups is 1. The highest BCUT2D eigenvalue weighted by Crippen LogP contribution is 2.33. The Hall–Kier alpha value is -3.39. The second kappa shape index (κ2) is 7.69. The van der Waals surface area contributed by atoms with Gasteiger partial charge >= 0.3 is 0 Å². The maximum Gasteiger partial charge on any atom is 0.232 e. The van der Waals surface area contributed by atoms with Crippen molar-refractivity contribution in [2.24, 2.45) is 0 Å². The molecule has 0 spiro atoms. The lowest BCUT2D eigenvalue weighted by molar-refractivity contribution is -0.115. The van der Waals surface area contributed by atoms with Crippen LogP contribution in [0.4, 0.5) is 5.13 Å². The summed E-state index contributed by atoms with van der Waals surface area (Å²) in [5.41, 5.74) is 2.88. The van der Waals surface area contributed by atoms with E-state index < -0.39 is 0 Å². The lowest BCUT2D eigenvalue weighted by Gasteiger charge is -2.08. The van der Waals surface area contributed by atoms with Crippen LogP contribution in [0.25, 0.3) is 22.2 Å². The number of ether oxygens (including phenoxy) is 2. The lowest BCUT2D eigenvalue weighted by atomic mass is 10.1. The largest absolute Gasteiger partial charge is 0.493 e. The standard InChI is InChI=1S/C20H17N3O4S/c1-25-17-8-7-12(9-18(17)26-2)15-11-28-20(21-15)22-19(24)10-14-13-5-3-4-6-16(13)27-23-14/h3-9,11H,10H2,1-2H3,(H,21,22,24). The summed E-state index contributed by atoms with van der Waals surface area (Å²) in [5, 5.41) is 10.0. The number of anilines is 1. The summed E-state index contributed by atoms with van der Waals surface area (Å²) in [4.78, 5) is 16.9. The molecule has 0 unspecified atom stereocenters. The number of hydrogen-bond acceptors (Lipinski definition) is 7. The van der Waals surface area contributed by atoms with Gasteiger partial charge < -0.3 is 19.3 Å². The van der Waals surface area contributed by atoms with Crippen LogP contribution in [0, 0.1) is 0 Å². The Morgan fingerprint density at radius 1 is 1.14 bits per heavy atom. The van der Waals surface area contributed by atoms with E-state index >= 15 is 0 Å². The van der Waals surface area contributed by atoms with E-state index in [1.165, 1.54) is 11.3 Å². The zero-order valence-corrected chi connectivity index (χ0v) is 16.1. The second-order valence-electron chi connectivity index (χ2n) is 5.96. The number of carbonyl (C=O) groups excluding carboxylic acids is 1. The van der Waals surface area contributed by atoms with Crippen molar-refractivity contribution in [1.29, 1.82) is 0 Å². The quantitative estimate of drug-likeness (QED) is 0.528. The fourth-order valence-electron chi connectivity index (χ4n) is 2.84. The molecular weight excluding hydrogens is 378 g/mol. The van der Waals surface area contributed by atoms with Crippen LogP contribution < -0.4 is 14.8 Å². The van der Waals surface area contributed by atoms with Crippen LogP contribution >= 0.6 is 11.3 Å². The van der Waals surface area contributed by atoms with Crippen LogP contribution in [-0.2, 0) is 11.2 Å².